The van der Waals surface area contributed by atoms with Crippen LogP contribution in [0.15, 0.2) is 28.2 Å². The van der Waals surface area contributed by atoms with Crippen molar-refractivity contribution >= 4 is 33.8 Å². The van der Waals surface area contributed by atoms with Crippen LogP contribution in [0.4, 0.5) is 0 Å². The highest BCUT2D eigenvalue weighted by atomic mass is 79.9. The highest BCUT2D eigenvalue weighted by molar-refractivity contribution is 9.10. The lowest BCUT2D eigenvalue weighted by atomic mass is 10.1. The number of fused-ring (bicyclic) bond motifs is 1. The van der Waals surface area contributed by atoms with Crippen molar-refractivity contribution < 1.29 is 14.3 Å². The zero-order valence-corrected chi connectivity index (χ0v) is 12.6. The lowest BCUT2D eigenvalue weighted by Gasteiger charge is -2.17. The Morgan fingerprint density at radius 1 is 1.35 bits per heavy atom. The number of ether oxygens (including phenoxy) is 1. The molecule has 0 spiro atoms. The third-order valence-corrected chi connectivity index (χ3v) is 3.25. The van der Waals surface area contributed by atoms with Gasteiger partial charge in [0.2, 0.25) is 5.91 Å². The minimum atomic E-state index is -0.290. The Labute approximate surface area is 125 Å². The van der Waals surface area contributed by atoms with Crippen molar-refractivity contribution in [1.82, 2.24) is 10.6 Å². The Bertz CT molecular complexity index is 570. The van der Waals surface area contributed by atoms with Crippen molar-refractivity contribution in [3.05, 3.63) is 33.8 Å². The Morgan fingerprint density at radius 3 is 2.90 bits per heavy atom. The van der Waals surface area contributed by atoms with E-state index in [2.05, 4.69) is 26.6 Å². The summed E-state index contributed by atoms with van der Waals surface area (Å²) in [5, 5.41) is 5.19. The quantitative estimate of drug-likeness (QED) is 0.873. The highest BCUT2D eigenvalue weighted by Crippen LogP contribution is 2.29. The summed E-state index contributed by atoms with van der Waals surface area (Å²) < 4.78 is 6.43. The van der Waals surface area contributed by atoms with Crippen molar-refractivity contribution in [3.63, 3.8) is 0 Å². The molecular weight excluding hydrogens is 324 g/mol. The molecule has 1 aromatic rings. The Morgan fingerprint density at radius 2 is 2.15 bits per heavy atom. The van der Waals surface area contributed by atoms with Crippen molar-refractivity contribution in [2.24, 2.45) is 0 Å². The van der Waals surface area contributed by atoms with Gasteiger partial charge in [0.1, 0.15) is 12.4 Å². The highest BCUT2D eigenvalue weighted by Gasteiger charge is 2.17. The molecular formula is C14H15BrN2O3. The van der Waals surface area contributed by atoms with E-state index in [0.29, 0.717) is 12.1 Å². The zero-order chi connectivity index (χ0) is 14.5. The molecule has 2 N–H and O–H groups in total. The van der Waals surface area contributed by atoms with Crippen LogP contribution in [0.1, 0.15) is 12.5 Å². The number of hydrogen-bond donors (Lipinski definition) is 2. The van der Waals surface area contributed by atoms with E-state index in [0.717, 1.165) is 15.8 Å². The maximum Gasteiger partial charge on any atom is 0.251 e. The molecule has 1 aromatic carbocycles. The maximum absolute atomic E-state index is 12.0. The standard InChI is InChI=1S/C14H15BrN2O3/c1-2-16-13(18)7-17-14(19)10-5-9-6-11(15)3-4-12(9)20-8-10/h3-6H,2,7-8H2,1H3,(H,16,18)(H,17,19). The first-order valence-corrected chi connectivity index (χ1v) is 7.07. The van der Waals surface area contributed by atoms with E-state index in [-0.39, 0.29) is 25.0 Å². The number of amides is 2. The zero-order valence-electron chi connectivity index (χ0n) is 11.0. The average molecular weight is 339 g/mol. The van der Waals surface area contributed by atoms with Gasteiger partial charge < -0.3 is 15.4 Å². The molecule has 20 heavy (non-hydrogen) atoms. The van der Waals surface area contributed by atoms with Gasteiger partial charge in [-0.2, -0.15) is 0 Å². The van der Waals surface area contributed by atoms with E-state index < -0.39 is 0 Å². The summed E-state index contributed by atoms with van der Waals surface area (Å²) in [6, 6.07) is 5.61. The molecule has 0 saturated carbocycles. The molecule has 0 aliphatic carbocycles. The first-order valence-electron chi connectivity index (χ1n) is 6.28. The molecule has 1 aliphatic heterocycles. The smallest absolute Gasteiger partial charge is 0.251 e. The van der Waals surface area contributed by atoms with Gasteiger partial charge in [0.15, 0.2) is 0 Å². The Balaban J connectivity index is 2.03. The van der Waals surface area contributed by atoms with Crippen LogP contribution in [-0.4, -0.2) is 31.5 Å². The van der Waals surface area contributed by atoms with Gasteiger partial charge in [0, 0.05) is 16.6 Å². The molecule has 2 amide bonds. The second-order valence-corrected chi connectivity index (χ2v) is 5.19. The van der Waals surface area contributed by atoms with E-state index >= 15 is 0 Å². The summed E-state index contributed by atoms with van der Waals surface area (Å²) in [5.74, 6) is 0.247. The van der Waals surface area contributed by atoms with Crippen molar-refractivity contribution in [2.75, 3.05) is 19.7 Å². The monoisotopic (exact) mass is 338 g/mol. The van der Waals surface area contributed by atoms with Crippen molar-refractivity contribution in [2.45, 2.75) is 6.92 Å². The number of nitrogens with one attached hydrogen (secondary N) is 2. The number of likely N-dealkylation sites (N-methyl/N-ethyl adjacent to an activating group) is 1. The van der Waals surface area contributed by atoms with E-state index in [9.17, 15) is 9.59 Å². The number of rotatable bonds is 4. The summed E-state index contributed by atoms with van der Waals surface area (Å²) in [4.78, 5) is 23.2. The first kappa shape index (κ1) is 14.6. The largest absolute Gasteiger partial charge is 0.488 e. The minimum absolute atomic E-state index is 0.0324. The van der Waals surface area contributed by atoms with Gasteiger partial charge in [-0.1, -0.05) is 15.9 Å². The van der Waals surface area contributed by atoms with Gasteiger partial charge >= 0.3 is 0 Å². The SMILES string of the molecule is CCNC(=O)CNC(=O)C1=Cc2cc(Br)ccc2OC1. The summed E-state index contributed by atoms with van der Waals surface area (Å²) >= 11 is 3.38. The van der Waals surface area contributed by atoms with Crippen LogP contribution in [-0.2, 0) is 9.59 Å². The molecule has 1 heterocycles. The number of benzene rings is 1. The van der Waals surface area contributed by atoms with Crippen molar-refractivity contribution in [1.29, 1.82) is 0 Å². The second kappa shape index (κ2) is 6.56. The molecule has 0 bridgehead atoms. The molecule has 5 nitrogen and oxygen atoms in total. The third kappa shape index (κ3) is 3.60. The number of carbonyl (C=O) groups excluding carboxylic acids is 2. The molecule has 1 aliphatic rings. The van der Waals surface area contributed by atoms with Gasteiger partial charge in [0.25, 0.3) is 5.91 Å². The fourth-order valence-electron chi connectivity index (χ4n) is 1.81. The van der Waals surface area contributed by atoms with Crippen LogP contribution in [0.3, 0.4) is 0 Å². The van der Waals surface area contributed by atoms with E-state index in [4.69, 9.17) is 4.74 Å². The van der Waals surface area contributed by atoms with Gasteiger partial charge in [0.05, 0.1) is 12.1 Å². The van der Waals surface area contributed by atoms with Crippen LogP contribution in [0.2, 0.25) is 0 Å². The maximum atomic E-state index is 12.0. The average Bonchev–Trinajstić information content (AvgIpc) is 2.44. The molecule has 0 unspecified atom stereocenters. The van der Waals surface area contributed by atoms with E-state index in [1.165, 1.54) is 0 Å². The minimum Gasteiger partial charge on any atom is -0.488 e. The first-order chi connectivity index (χ1) is 9.60. The predicted octanol–water partition coefficient (Wildman–Crippen LogP) is 1.48. The number of hydrogen-bond acceptors (Lipinski definition) is 3. The topological polar surface area (TPSA) is 67.4 Å². The summed E-state index contributed by atoms with van der Waals surface area (Å²) in [6.45, 7) is 2.54. The molecule has 0 atom stereocenters. The third-order valence-electron chi connectivity index (χ3n) is 2.76. The van der Waals surface area contributed by atoms with Crippen LogP contribution >= 0.6 is 15.9 Å². The fourth-order valence-corrected chi connectivity index (χ4v) is 2.19. The van der Waals surface area contributed by atoms with Crippen molar-refractivity contribution in [3.8, 4) is 5.75 Å². The van der Waals surface area contributed by atoms with Gasteiger partial charge in [-0.15, -0.1) is 0 Å². The summed E-state index contributed by atoms with van der Waals surface area (Å²) in [7, 11) is 0. The van der Waals surface area contributed by atoms with Crippen LogP contribution < -0.4 is 15.4 Å². The number of halogens is 1. The van der Waals surface area contributed by atoms with Gasteiger partial charge in [-0.3, -0.25) is 9.59 Å². The molecule has 0 fully saturated rings. The molecule has 106 valence electrons. The van der Waals surface area contributed by atoms with E-state index in [1.807, 2.05) is 25.1 Å². The normalized spacial score (nSPS) is 12.8. The molecule has 0 aromatic heterocycles. The fraction of sp³-hybridized carbons (Fsp3) is 0.286. The summed E-state index contributed by atoms with van der Waals surface area (Å²) in [5.41, 5.74) is 1.34. The van der Waals surface area contributed by atoms with Crippen LogP contribution in [0.5, 0.6) is 5.75 Å². The lowest BCUT2D eigenvalue weighted by Crippen LogP contribution is -2.38. The predicted molar refractivity (Wildman–Crippen MR) is 79.3 cm³/mol. The molecule has 0 saturated heterocycles. The molecule has 0 radical (unpaired) electrons. The Hall–Kier alpha value is -1.82. The Kier molecular flexibility index (Phi) is 4.79. The molecule has 6 heteroatoms. The van der Waals surface area contributed by atoms with Gasteiger partial charge in [-0.25, -0.2) is 0 Å². The van der Waals surface area contributed by atoms with Gasteiger partial charge in [-0.05, 0) is 31.2 Å². The lowest BCUT2D eigenvalue weighted by molar-refractivity contribution is -0.124. The summed E-state index contributed by atoms with van der Waals surface area (Å²) in [6.07, 6.45) is 1.77. The molecule has 2 rings (SSSR count). The van der Waals surface area contributed by atoms with Crippen LogP contribution in [0.25, 0.3) is 6.08 Å². The van der Waals surface area contributed by atoms with Crippen LogP contribution in [0, 0.1) is 0 Å². The van der Waals surface area contributed by atoms with E-state index in [1.54, 1.807) is 6.08 Å². The number of carbonyl (C=O) groups is 2. The second-order valence-electron chi connectivity index (χ2n) is 4.28.